The van der Waals surface area contributed by atoms with E-state index < -0.39 is 0 Å². The van der Waals surface area contributed by atoms with Crippen LogP contribution in [-0.4, -0.2) is 10.1 Å². The summed E-state index contributed by atoms with van der Waals surface area (Å²) in [7, 11) is 0. The number of anilines is 2. The maximum atomic E-state index is 5.73. The summed E-state index contributed by atoms with van der Waals surface area (Å²) in [6.45, 7) is 4.28. The molecule has 0 unspecified atom stereocenters. The van der Waals surface area contributed by atoms with Gasteiger partial charge in [0.2, 0.25) is 5.89 Å². The van der Waals surface area contributed by atoms with E-state index in [4.69, 9.17) is 10.3 Å². The molecule has 0 bridgehead atoms. The van der Waals surface area contributed by atoms with Gasteiger partial charge >= 0.3 is 0 Å². The smallest absolute Gasteiger partial charge is 0.245 e. The molecule has 0 saturated heterocycles. The second kappa shape index (κ2) is 4.22. The SMILES string of the molecule is Cc1noc(CNc2ccc(N)c(C)c2)n1. The maximum absolute atomic E-state index is 5.73. The molecule has 1 heterocycles. The lowest BCUT2D eigenvalue weighted by atomic mass is 10.2. The molecule has 16 heavy (non-hydrogen) atoms. The predicted molar refractivity (Wildman–Crippen MR) is 62.0 cm³/mol. The number of rotatable bonds is 3. The Morgan fingerprint density at radius 1 is 1.38 bits per heavy atom. The van der Waals surface area contributed by atoms with Crippen LogP contribution in [0.4, 0.5) is 11.4 Å². The highest BCUT2D eigenvalue weighted by molar-refractivity contribution is 5.56. The Hall–Kier alpha value is -2.04. The van der Waals surface area contributed by atoms with Crippen molar-refractivity contribution in [3.05, 3.63) is 35.5 Å². The van der Waals surface area contributed by atoms with Gasteiger partial charge in [0, 0.05) is 11.4 Å². The summed E-state index contributed by atoms with van der Waals surface area (Å²) in [5.74, 6) is 1.22. The van der Waals surface area contributed by atoms with Crippen LogP contribution >= 0.6 is 0 Å². The van der Waals surface area contributed by atoms with Gasteiger partial charge in [-0.15, -0.1) is 0 Å². The Bertz CT molecular complexity index is 492. The maximum Gasteiger partial charge on any atom is 0.245 e. The van der Waals surface area contributed by atoms with Crippen molar-refractivity contribution in [2.45, 2.75) is 20.4 Å². The molecule has 1 aromatic carbocycles. The molecule has 0 aliphatic carbocycles. The molecule has 5 heteroatoms. The average molecular weight is 218 g/mol. The molecule has 2 rings (SSSR count). The fourth-order valence-corrected chi connectivity index (χ4v) is 1.38. The molecule has 0 spiro atoms. The van der Waals surface area contributed by atoms with E-state index in [0.717, 1.165) is 16.9 Å². The molecule has 1 aromatic heterocycles. The van der Waals surface area contributed by atoms with Crippen molar-refractivity contribution in [2.75, 3.05) is 11.1 Å². The summed E-state index contributed by atoms with van der Waals surface area (Å²) >= 11 is 0. The molecular weight excluding hydrogens is 204 g/mol. The van der Waals surface area contributed by atoms with Gasteiger partial charge in [-0.05, 0) is 37.6 Å². The van der Waals surface area contributed by atoms with Crippen LogP contribution in [0.25, 0.3) is 0 Å². The number of nitrogens with two attached hydrogens (primary N) is 1. The molecule has 84 valence electrons. The highest BCUT2D eigenvalue weighted by Gasteiger charge is 2.02. The molecule has 2 aromatic rings. The van der Waals surface area contributed by atoms with E-state index in [9.17, 15) is 0 Å². The number of aromatic nitrogens is 2. The van der Waals surface area contributed by atoms with Crippen molar-refractivity contribution in [1.29, 1.82) is 0 Å². The zero-order valence-electron chi connectivity index (χ0n) is 9.32. The van der Waals surface area contributed by atoms with Gasteiger partial charge < -0.3 is 15.6 Å². The minimum Gasteiger partial charge on any atom is -0.399 e. The van der Waals surface area contributed by atoms with E-state index in [0.29, 0.717) is 18.3 Å². The summed E-state index contributed by atoms with van der Waals surface area (Å²) in [4.78, 5) is 4.10. The van der Waals surface area contributed by atoms with Gasteiger partial charge in [0.15, 0.2) is 5.82 Å². The van der Waals surface area contributed by atoms with Crippen LogP contribution in [0.1, 0.15) is 17.3 Å². The Kier molecular flexibility index (Phi) is 2.76. The highest BCUT2D eigenvalue weighted by atomic mass is 16.5. The van der Waals surface area contributed by atoms with Crippen LogP contribution in [0.3, 0.4) is 0 Å². The van der Waals surface area contributed by atoms with E-state index in [1.54, 1.807) is 6.92 Å². The van der Waals surface area contributed by atoms with Crippen LogP contribution in [0, 0.1) is 13.8 Å². The van der Waals surface area contributed by atoms with Crippen molar-refractivity contribution in [3.8, 4) is 0 Å². The zero-order valence-corrected chi connectivity index (χ0v) is 9.32. The molecule has 0 aliphatic rings. The van der Waals surface area contributed by atoms with E-state index in [1.807, 2.05) is 25.1 Å². The van der Waals surface area contributed by atoms with Crippen LogP contribution in [0.15, 0.2) is 22.7 Å². The van der Waals surface area contributed by atoms with E-state index in [-0.39, 0.29) is 0 Å². The second-order valence-corrected chi connectivity index (χ2v) is 3.66. The third-order valence-electron chi connectivity index (χ3n) is 2.28. The average Bonchev–Trinajstić information content (AvgIpc) is 2.66. The first-order chi connectivity index (χ1) is 7.65. The fraction of sp³-hybridized carbons (Fsp3) is 0.273. The number of nitrogens with one attached hydrogen (secondary N) is 1. The summed E-state index contributed by atoms with van der Waals surface area (Å²) in [6.07, 6.45) is 0. The van der Waals surface area contributed by atoms with Crippen molar-refractivity contribution < 1.29 is 4.52 Å². The first-order valence-electron chi connectivity index (χ1n) is 5.04. The number of benzene rings is 1. The van der Waals surface area contributed by atoms with Gasteiger partial charge in [-0.25, -0.2) is 0 Å². The lowest BCUT2D eigenvalue weighted by molar-refractivity contribution is 0.379. The largest absolute Gasteiger partial charge is 0.399 e. The zero-order chi connectivity index (χ0) is 11.5. The quantitative estimate of drug-likeness (QED) is 0.769. The first kappa shape index (κ1) is 10.5. The Labute approximate surface area is 93.7 Å². The first-order valence-corrected chi connectivity index (χ1v) is 5.04. The van der Waals surface area contributed by atoms with E-state index >= 15 is 0 Å². The minimum atomic E-state index is 0.518. The topological polar surface area (TPSA) is 77.0 Å². The lowest BCUT2D eigenvalue weighted by Gasteiger charge is -2.06. The molecule has 0 fully saturated rings. The molecular formula is C11H14N4O. The molecule has 3 N–H and O–H groups in total. The van der Waals surface area contributed by atoms with Gasteiger partial charge in [-0.2, -0.15) is 4.98 Å². The van der Waals surface area contributed by atoms with Gasteiger partial charge in [-0.3, -0.25) is 0 Å². The Morgan fingerprint density at radius 2 is 2.19 bits per heavy atom. The number of nitrogen functional groups attached to an aromatic ring is 1. The third-order valence-corrected chi connectivity index (χ3v) is 2.28. The summed E-state index contributed by atoms with van der Waals surface area (Å²) < 4.78 is 4.99. The van der Waals surface area contributed by atoms with E-state index in [1.165, 1.54) is 0 Å². The van der Waals surface area contributed by atoms with Crippen LogP contribution < -0.4 is 11.1 Å². The molecule has 0 atom stereocenters. The summed E-state index contributed by atoms with van der Waals surface area (Å²) in [6, 6.07) is 5.78. The molecule has 0 radical (unpaired) electrons. The highest BCUT2D eigenvalue weighted by Crippen LogP contribution is 2.16. The van der Waals surface area contributed by atoms with Gasteiger partial charge in [0.1, 0.15) is 0 Å². The predicted octanol–water partition coefficient (Wildman–Crippen LogP) is 1.88. The minimum absolute atomic E-state index is 0.518. The second-order valence-electron chi connectivity index (χ2n) is 3.66. The van der Waals surface area contributed by atoms with Crippen molar-refractivity contribution in [3.63, 3.8) is 0 Å². The number of aryl methyl sites for hydroxylation is 2. The summed E-state index contributed by atoms with van der Waals surface area (Å²) in [5, 5.41) is 6.90. The van der Waals surface area contributed by atoms with Gasteiger partial charge in [-0.1, -0.05) is 5.16 Å². The Morgan fingerprint density at radius 3 is 2.81 bits per heavy atom. The standard InChI is InChI=1S/C11H14N4O/c1-7-5-9(3-4-10(7)12)13-6-11-14-8(2)15-16-11/h3-5,13H,6,12H2,1-2H3. The molecule has 0 aliphatic heterocycles. The number of hydrogen-bond acceptors (Lipinski definition) is 5. The number of nitrogens with zero attached hydrogens (tertiary/aromatic N) is 2. The lowest BCUT2D eigenvalue weighted by Crippen LogP contribution is -2.00. The summed E-state index contributed by atoms with van der Waals surface area (Å²) in [5.41, 5.74) is 8.56. The van der Waals surface area contributed by atoms with Gasteiger partial charge in [0.25, 0.3) is 0 Å². The third kappa shape index (κ3) is 2.31. The number of hydrogen-bond donors (Lipinski definition) is 2. The van der Waals surface area contributed by atoms with Gasteiger partial charge in [0.05, 0.1) is 6.54 Å². The van der Waals surface area contributed by atoms with Crippen molar-refractivity contribution in [2.24, 2.45) is 0 Å². The van der Waals surface area contributed by atoms with Crippen molar-refractivity contribution >= 4 is 11.4 Å². The molecule has 5 nitrogen and oxygen atoms in total. The molecule has 0 amide bonds. The fourth-order valence-electron chi connectivity index (χ4n) is 1.38. The van der Waals surface area contributed by atoms with Crippen LogP contribution in [0.2, 0.25) is 0 Å². The van der Waals surface area contributed by atoms with Crippen LogP contribution in [-0.2, 0) is 6.54 Å². The van der Waals surface area contributed by atoms with Crippen molar-refractivity contribution in [1.82, 2.24) is 10.1 Å². The van der Waals surface area contributed by atoms with Crippen LogP contribution in [0.5, 0.6) is 0 Å². The molecule has 0 saturated carbocycles. The monoisotopic (exact) mass is 218 g/mol. The Balaban J connectivity index is 2.02. The normalized spacial score (nSPS) is 10.4. The van der Waals surface area contributed by atoms with E-state index in [2.05, 4.69) is 15.5 Å².